The van der Waals surface area contributed by atoms with Crippen molar-refractivity contribution >= 4 is 0 Å². The monoisotopic (exact) mass is 224 g/mol. The van der Waals surface area contributed by atoms with Gasteiger partial charge < -0.3 is 10.2 Å². The summed E-state index contributed by atoms with van der Waals surface area (Å²) >= 11 is 0. The maximum Gasteiger partial charge on any atom is 0.390 e. The van der Waals surface area contributed by atoms with Gasteiger partial charge in [-0.15, -0.1) is 0 Å². The smallest absolute Gasteiger partial charge is 0.319 e. The van der Waals surface area contributed by atoms with Gasteiger partial charge in [-0.25, -0.2) is 0 Å². The van der Waals surface area contributed by atoms with E-state index in [0.717, 1.165) is 26.1 Å². The van der Waals surface area contributed by atoms with Gasteiger partial charge in [0.1, 0.15) is 0 Å². The molecule has 5 heteroatoms. The van der Waals surface area contributed by atoms with Crippen molar-refractivity contribution in [3.05, 3.63) is 0 Å². The fourth-order valence-corrected chi connectivity index (χ4v) is 2.17. The highest BCUT2D eigenvalue weighted by atomic mass is 19.4. The fourth-order valence-electron chi connectivity index (χ4n) is 2.17. The van der Waals surface area contributed by atoms with E-state index in [2.05, 4.69) is 12.2 Å². The van der Waals surface area contributed by atoms with Crippen molar-refractivity contribution < 1.29 is 13.2 Å². The second kappa shape index (κ2) is 4.70. The quantitative estimate of drug-likeness (QED) is 0.784. The minimum Gasteiger partial charge on any atom is -0.319 e. The van der Waals surface area contributed by atoms with Crippen LogP contribution in [0.2, 0.25) is 0 Å². The summed E-state index contributed by atoms with van der Waals surface area (Å²) in [6, 6.07) is 0. The van der Waals surface area contributed by atoms with E-state index in [1.807, 2.05) is 11.9 Å². The van der Waals surface area contributed by atoms with E-state index >= 15 is 0 Å². The number of hydrogen-bond donors (Lipinski definition) is 1. The summed E-state index contributed by atoms with van der Waals surface area (Å²) in [4.78, 5) is 1.91. The van der Waals surface area contributed by atoms with E-state index in [9.17, 15) is 13.2 Å². The van der Waals surface area contributed by atoms with Crippen molar-refractivity contribution in [1.29, 1.82) is 0 Å². The van der Waals surface area contributed by atoms with Crippen LogP contribution < -0.4 is 5.32 Å². The molecule has 1 aliphatic rings. The molecule has 0 radical (unpaired) electrons. The molecule has 15 heavy (non-hydrogen) atoms. The molecule has 1 rings (SSSR count). The average Bonchev–Trinajstić information content (AvgIpc) is 2.44. The lowest BCUT2D eigenvalue weighted by Crippen LogP contribution is -2.34. The van der Waals surface area contributed by atoms with Crippen LogP contribution in [0.5, 0.6) is 0 Å². The fraction of sp³-hybridized carbons (Fsp3) is 1.00. The summed E-state index contributed by atoms with van der Waals surface area (Å²) in [6.07, 6.45) is -3.74. The predicted octanol–water partition coefficient (Wildman–Crippen LogP) is 1.87. The topological polar surface area (TPSA) is 15.3 Å². The van der Waals surface area contributed by atoms with Crippen molar-refractivity contribution in [2.24, 2.45) is 5.41 Å². The summed E-state index contributed by atoms with van der Waals surface area (Å²) in [6.45, 7) is 4.69. The van der Waals surface area contributed by atoms with E-state index in [1.54, 1.807) is 0 Å². The third kappa shape index (κ3) is 4.38. The number of halogens is 3. The van der Waals surface area contributed by atoms with E-state index in [0.29, 0.717) is 0 Å². The van der Waals surface area contributed by atoms with Gasteiger partial charge in [-0.1, -0.05) is 6.92 Å². The van der Waals surface area contributed by atoms with Gasteiger partial charge in [0.25, 0.3) is 0 Å². The Morgan fingerprint density at radius 2 is 2.07 bits per heavy atom. The SMILES string of the molecule is CNCC1(C)CCN(CCC(F)(F)F)C1. The van der Waals surface area contributed by atoms with Gasteiger partial charge in [0.2, 0.25) is 0 Å². The third-order valence-corrected chi connectivity index (χ3v) is 2.95. The molecule has 1 N–H and O–H groups in total. The molecule has 0 spiro atoms. The van der Waals surface area contributed by atoms with Crippen LogP contribution in [0.3, 0.4) is 0 Å². The Morgan fingerprint density at radius 1 is 1.40 bits per heavy atom. The van der Waals surface area contributed by atoms with Gasteiger partial charge in [0.15, 0.2) is 0 Å². The molecule has 0 amide bonds. The second-order valence-corrected chi connectivity index (χ2v) is 4.73. The summed E-state index contributed by atoms with van der Waals surface area (Å²) < 4.78 is 36.0. The number of hydrogen-bond acceptors (Lipinski definition) is 2. The molecule has 1 aliphatic heterocycles. The largest absolute Gasteiger partial charge is 0.390 e. The Balaban J connectivity index is 2.30. The highest BCUT2D eigenvalue weighted by Crippen LogP contribution is 2.30. The van der Waals surface area contributed by atoms with Gasteiger partial charge in [-0.2, -0.15) is 13.2 Å². The molecular weight excluding hydrogens is 205 g/mol. The first-order chi connectivity index (χ1) is 6.85. The third-order valence-electron chi connectivity index (χ3n) is 2.95. The van der Waals surface area contributed by atoms with Crippen LogP contribution in [0, 0.1) is 5.41 Å². The van der Waals surface area contributed by atoms with Crippen LogP contribution in [0.15, 0.2) is 0 Å². The minimum atomic E-state index is -4.03. The molecule has 0 bridgehead atoms. The summed E-state index contributed by atoms with van der Waals surface area (Å²) in [7, 11) is 1.88. The zero-order valence-electron chi connectivity index (χ0n) is 9.32. The molecule has 1 heterocycles. The van der Waals surface area contributed by atoms with Crippen LogP contribution in [0.1, 0.15) is 19.8 Å². The molecule has 1 fully saturated rings. The minimum absolute atomic E-state index is 0.139. The van der Waals surface area contributed by atoms with E-state index in [1.165, 1.54) is 0 Å². The lowest BCUT2D eigenvalue weighted by molar-refractivity contribution is -0.137. The molecule has 1 atom stereocenters. The van der Waals surface area contributed by atoms with Gasteiger partial charge in [-0.05, 0) is 25.4 Å². The number of rotatable bonds is 4. The molecule has 0 aromatic rings. The van der Waals surface area contributed by atoms with Gasteiger partial charge >= 0.3 is 6.18 Å². The molecule has 0 aromatic carbocycles. The van der Waals surface area contributed by atoms with Crippen molar-refractivity contribution in [2.45, 2.75) is 25.9 Å². The predicted molar refractivity (Wildman–Crippen MR) is 53.8 cm³/mol. The molecule has 0 aromatic heterocycles. The van der Waals surface area contributed by atoms with Gasteiger partial charge in [-0.3, -0.25) is 0 Å². The summed E-state index contributed by atoms with van der Waals surface area (Å²) in [5, 5.41) is 3.09. The molecule has 0 aliphatic carbocycles. The van der Waals surface area contributed by atoms with Crippen molar-refractivity contribution in [3.8, 4) is 0 Å². The van der Waals surface area contributed by atoms with Crippen molar-refractivity contribution in [1.82, 2.24) is 10.2 Å². The Hall–Kier alpha value is -0.290. The summed E-state index contributed by atoms with van der Waals surface area (Å²) in [5.41, 5.74) is 0.139. The molecule has 90 valence electrons. The zero-order chi connectivity index (χ0) is 11.5. The van der Waals surface area contributed by atoms with E-state index in [4.69, 9.17) is 0 Å². The van der Waals surface area contributed by atoms with E-state index < -0.39 is 12.6 Å². The molecule has 0 saturated carbocycles. The second-order valence-electron chi connectivity index (χ2n) is 4.73. The standard InChI is InChI=1S/C10H19F3N2/c1-9(7-14-2)3-5-15(8-9)6-4-10(11,12)13/h14H,3-8H2,1-2H3. The zero-order valence-corrected chi connectivity index (χ0v) is 9.32. The average molecular weight is 224 g/mol. The maximum absolute atomic E-state index is 12.0. The van der Waals surface area contributed by atoms with Gasteiger partial charge in [0, 0.05) is 19.6 Å². The number of nitrogens with one attached hydrogen (secondary N) is 1. The lowest BCUT2D eigenvalue weighted by atomic mass is 9.90. The Kier molecular flexibility index (Phi) is 4.00. The van der Waals surface area contributed by atoms with Crippen LogP contribution >= 0.6 is 0 Å². The summed E-state index contributed by atoms with van der Waals surface area (Å²) in [5.74, 6) is 0. The number of alkyl halides is 3. The molecule has 2 nitrogen and oxygen atoms in total. The van der Waals surface area contributed by atoms with Crippen LogP contribution in [-0.2, 0) is 0 Å². The highest BCUT2D eigenvalue weighted by molar-refractivity contribution is 4.87. The first-order valence-electron chi connectivity index (χ1n) is 5.28. The Labute approximate surface area is 88.8 Å². The Bertz CT molecular complexity index is 205. The van der Waals surface area contributed by atoms with Crippen LogP contribution in [0.25, 0.3) is 0 Å². The van der Waals surface area contributed by atoms with Crippen LogP contribution in [-0.4, -0.2) is 44.3 Å². The maximum atomic E-state index is 12.0. The lowest BCUT2D eigenvalue weighted by Gasteiger charge is -2.24. The normalized spacial score (nSPS) is 28.6. The highest BCUT2D eigenvalue weighted by Gasteiger charge is 2.35. The van der Waals surface area contributed by atoms with E-state index in [-0.39, 0.29) is 12.0 Å². The van der Waals surface area contributed by atoms with Crippen molar-refractivity contribution in [2.75, 3.05) is 33.2 Å². The molecule has 1 saturated heterocycles. The first-order valence-corrected chi connectivity index (χ1v) is 5.28. The molecular formula is C10H19F3N2. The first kappa shape index (κ1) is 12.8. The van der Waals surface area contributed by atoms with Crippen molar-refractivity contribution in [3.63, 3.8) is 0 Å². The van der Waals surface area contributed by atoms with Crippen LogP contribution in [0.4, 0.5) is 13.2 Å². The Morgan fingerprint density at radius 3 is 2.60 bits per heavy atom. The molecule has 1 unspecified atom stereocenters. The van der Waals surface area contributed by atoms with Gasteiger partial charge in [0.05, 0.1) is 6.42 Å². The number of likely N-dealkylation sites (tertiary alicyclic amines) is 1. The number of nitrogens with zero attached hydrogens (tertiary/aromatic N) is 1.